The molecular formula is C14H28N2. The van der Waals surface area contributed by atoms with Crippen LogP contribution in [0.3, 0.4) is 0 Å². The van der Waals surface area contributed by atoms with E-state index in [1.807, 2.05) is 46.2 Å². The van der Waals surface area contributed by atoms with Crippen LogP contribution in [0, 0.1) is 0 Å². The van der Waals surface area contributed by atoms with Gasteiger partial charge in [-0.25, -0.2) is 0 Å². The van der Waals surface area contributed by atoms with Crippen LogP contribution in [-0.2, 0) is 0 Å². The third kappa shape index (κ3) is 8.42. The second-order valence-corrected chi connectivity index (χ2v) is 3.45. The Balaban J connectivity index is 0. The first-order valence-corrected chi connectivity index (χ1v) is 6.25. The maximum Gasteiger partial charge on any atom is 0.0303 e. The number of rotatable bonds is 3. The molecule has 0 aromatic carbocycles. The first kappa shape index (κ1) is 17.5. The molecule has 0 amide bonds. The molecule has 1 heterocycles. The van der Waals surface area contributed by atoms with Crippen molar-refractivity contribution < 1.29 is 0 Å². The number of hydrogen-bond donors (Lipinski definition) is 0. The monoisotopic (exact) mass is 224 g/mol. The summed E-state index contributed by atoms with van der Waals surface area (Å²) in [6, 6.07) is 4.11. The number of pyridine rings is 1. The van der Waals surface area contributed by atoms with Crippen LogP contribution in [-0.4, -0.2) is 30.5 Å². The molecule has 0 aliphatic rings. The molecule has 1 aromatic heterocycles. The van der Waals surface area contributed by atoms with E-state index in [1.54, 1.807) is 0 Å². The third-order valence-electron chi connectivity index (χ3n) is 1.89. The molecule has 1 rings (SSSR count). The van der Waals surface area contributed by atoms with E-state index in [-0.39, 0.29) is 0 Å². The fourth-order valence-electron chi connectivity index (χ4n) is 1.32. The van der Waals surface area contributed by atoms with Crippen molar-refractivity contribution in [3.8, 4) is 0 Å². The first-order chi connectivity index (χ1) is 7.70. The number of likely N-dealkylation sites (N-methyl/N-ethyl adjacent to an activating group) is 1. The highest BCUT2D eigenvalue weighted by Gasteiger charge is 2.05. The zero-order chi connectivity index (χ0) is 13.0. The molecule has 1 aromatic rings. The lowest BCUT2D eigenvalue weighted by atomic mass is 10.0. The van der Waals surface area contributed by atoms with Crippen molar-refractivity contribution >= 4 is 0 Å². The Labute approximate surface area is 102 Å². The predicted molar refractivity (Wildman–Crippen MR) is 73.9 cm³/mol. The van der Waals surface area contributed by atoms with Crippen molar-refractivity contribution in [2.45, 2.75) is 40.5 Å². The van der Waals surface area contributed by atoms with Gasteiger partial charge in [0, 0.05) is 18.9 Å². The van der Waals surface area contributed by atoms with Crippen LogP contribution in [0.1, 0.15) is 46.1 Å². The van der Waals surface area contributed by atoms with Gasteiger partial charge in [0.15, 0.2) is 0 Å². The average Bonchev–Trinajstić information content (AvgIpc) is 2.34. The highest BCUT2D eigenvalue weighted by atomic mass is 15.1. The molecule has 0 saturated heterocycles. The summed E-state index contributed by atoms with van der Waals surface area (Å²) in [5.41, 5.74) is 1.31. The van der Waals surface area contributed by atoms with Crippen molar-refractivity contribution in [1.29, 1.82) is 0 Å². The van der Waals surface area contributed by atoms with Gasteiger partial charge >= 0.3 is 0 Å². The van der Waals surface area contributed by atoms with E-state index in [2.05, 4.69) is 37.0 Å². The predicted octanol–water partition coefficient (Wildman–Crippen LogP) is 3.80. The summed E-state index contributed by atoms with van der Waals surface area (Å²) in [5.74, 6) is 0.564. The summed E-state index contributed by atoms with van der Waals surface area (Å²) < 4.78 is 0. The van der Waals surface area contributed by atoms with E-state index in [0.29, 0.717) is 5.92 Å². The lowest BCUT2D eigenvalue weighted by molar-refractivity contribution is 0.383. The van der Waals surface area contributed by atoms with E-state index in [0.717, 1.165) is 6.54 Å². The quantitative estimate of drug-likeness (QED) is 0.776. The lowest BCUT2D eigenvalue weighted by Crippen LogP contribution is -2.18. The molecule has 0 fully saturated rings. The SMILES string of the molecule is CC.CC.CC(CN(C)C)c1cccnc1. The molecule has 0 radical (unpaired) electrons. The molecule has 1 atom stereocenters. The zero-order valence-corrected chi connectivity index (χ0v) is 12.0. The van der Waals surface area contributed by atoms with E-state index in [4.69, 9.17) is 0 Å². The Bertz CT molecular complexity index is 219. The second kappa shape index (κ2) is 12.2. The molecule has 0 N–H and O–H groups in total. The molecule has 0 bridgehead atoms. The lowest BCUT2D eigenvalue weighted by Gasteiger charge is -2.16. The van der Waals surface area contributed by atoms with Gasteiger partial charge in [0.2, 0.25) is 0 Å². The summed E-state index contributed by atoms with van der Waals surface area (Å²) in [4.78, 5) is 6.29. The fourth-order valence-corrected chi connectivity index (χ4v) is 1.32. The van der Waals surface area contributed by atoms with Crippen LogP contribution in [0.5, 0.6) is 0 Å². The number of hydrogen-bond acceptors (Lipinski definition) is 2. The van der Waals surface area contributed by atoms with Crippen LogP contribution in [0.25, 0.3) is 0 Å². The van der Waals surface area contributed by atoms with Gasteiger partial charge in [-0.1, -0.05) is 40.7 Å². The standard InChI is InChI=1S/C10H16N2.2C2H6/c1-9(8-12(2)3)10-5-4-6-11-7-10;2*1-2/h4-7,9H,8H2,1-3H3;2*1-2H3. The van der Waals surface area contributed by atoms with Crippen LogP contribution in [0.15, 0.2) is 24.5 Å². The minimum Gasteiger partial charge on any atom is -0.309 e. The molecular weight excluding hydrogens is 196 g/mol. The fraction of sp³-hybridized carbons (Fsp3) is 0.643. The van der Waals surface area contributed by atoms with Gasteiger partial charge in [-0.15, -0.1) is 0 Å². The molecule has 2 nitrogen and oxygen atoms in total. The van der Waals surface area contributed by atoms with Gasteiger partial charge < -0.3 is 4.90 Å². The van der Waals surface area contributed by atoms with Crippen molar-refractivity contribution in [3.63, 3.8) is 0 Å². The Kier molecular flexibility index (Phi) is 13.3. The van der Waals surface area contributed by atoms with E-state index in [9.17, 15) is 0 Å². The molecule has 1 unspecified atom stereocenters. The van der Waals surface area contributed by atoms with Crippen LogP contribution in [0.2, 0.25) is 0 Å². The molecule has 2 heteroatoms. The van der Waals surface area contributed by atoms with Crippen molar-refractivity contribution in [3.05, 3.63) is 30.1 Å². The van der Waals surface area contributed by atoms with E-state index in [1.165, 1.54) is 5.56 Å². The molecule has 0 saturated carbocycles. The van der Waals surface area contributed by atoms with Gasteiger partial charge in [-0.05, 0) is 31.6 Å². The second-order valence-electron chi connectivity index (χ2n) is 3.45. The number of aromatic nitrogens is 1. The summed E-state index contributed by atoms with van der Waals surface area (Å²) in [7, 11) is 4.18. The largest absolute Gasteiger partial charge is 0.309 e. The van der Waals surface area contributed by atoms with Gasteiger partial charge in [-0.2, -0.15) is 0 Å². The van der Waals surface area contributed by atoms with Gasteiger partial charge in [0.1, 0.15) is 0 Å². The smallest absolute Gasteiger partial charge is 0.0303 e. The summed E-state index contributed by atoms with van der Waals surface area (Å²) in [6.07, 6.45) is 3.75. The minimum atomic E-state index is 0.564. The Morgan fingerprint density at radius 1 is 1.19 bits per heavy atom. The third-order valence-corrected chi connectivity index (χ3v) is 1.89. The average molecular weight is 224 g/mol. The van der Waals surface area contributed by atoms with Crippen molar-refractivity contribution in [1.82, 2.24) is 9.88 Å². The highest BCUT2D eigenvalue weighted by molar-refractivity contribution is 5.13. The Hall–Kier alpha value is -0.890. The van der Waals surface area contributed by atoms with Gasteiger partial charge in [0.05, 0.1) is 0 Å². The first-order valence-electron chi connectivity index (χ1n) is 6.25. The van der Waals surface area contributed by atoms with Crippen molar-refractivity contribution in [2.75, 3.05) is 20.6 Å². The minimum absolute atomic E-state index is 0.564. The molecule has 0 aliphatic heterocycles. The highest BCUT2D eigenvalue weighted by Crippen LogP contribution is 2.13. The van der Waals surface area contributed by atoms with Gasteiger partial charge in [-0.3, -0.25) is 4.98 Å². The van der Waals surface area contributed by atoms with Crippen LogP contribution in [0.4, 0.5) is 0 Å². The Morgan fingerprint density at radius 2 is 1.75 bits per heavy atom. The van der Waals surface area contributed by atoms with Crippen LogP contribution >= 0.6 is 0 Å². The molecule has 0 spiro atoms. The Morgan fingerprint density at radius 3 is 2.12 bits per heavy atom. The van der Waals surface area contributed by atoms with Gasteiger partial charge in [0.25, 0.3) is 0 Å². The molecule has 16 heavy (non-hydrogen) atoms. The summed E-state index contributed by atoms with van der Waals surface area (Å²) in [5, 5.41) is 0. The van der Waals surface area contributed by atoms with Crippen molar-refractivity contribution in [2.24, 2.45) is 0 Å². The zero-order valence-electron chi connectivity index (χ0n) is 12.0. The topological polar surface area (TPSA) is 16.1 Å². The van der Waals surface area contributed by atoms with E-state index >= 15 is 0 Å². The number of nitrogens with zero attached hydrogens (tertiary/aromatic N) is 2. The normalized spacial score (nSPS) is 10.8. The van der Waals surface area contributed by atoms with E-state index < -0.39 is 0 Å². The molecule has 0 aliphatic carbocycles. The van der Waals surface area contributed by atoms with Crippen LogP contribution < -0.4 is 0 Å². The maximum absolute atomic E-state index is 4.09. The molecule has 94 valence electrons. The maximum atomic E-state index is 4.09. The summed E-state index contributed by atoms with van der Waals surface area (Å²) in [6.45, 7) is 11.3. The summed E-state index contributed by atoms with van der Waals surface area (Å²) >= 11 is 0.